The summed E-state index contributed by atoms with van der Waals surface area (Å²) in [6, 6.07) is 6.17. The molecule has 1 unspecified atom stereocenters. The van der Waals surface area contributed by atoms with Gasteiger partial charge in [0.15, 0.2) is 0 Å². The summed E-state index contributed by atoms with van der Waals surface area (Å²) in [7, 11) is 1.69. The van der Waals surface area contributed by atoms with Crippen LogP contribution in [0.4, 0.5) is 0 Å². The topological polar surface area (TPSA) is 29.5 Å². The lowest BCUT2D eigenvalue weighted by Crippen LogP contribution is -2.09. The monoisotopic (exact) mass is 208 g/mol. The lowest BCUT2D eigenvalue weighted by molar-refractivity contribution is 0.221. The minimum Gasteiger partial charge on any atom is -0.496 e. The summed E-state index contributed by atoms with van der Waals surface area (Å²) < 4.78 is 5.31. The van der Waals surface area contributed by atoms with Crippen LogP contribution >= 0.6 is 0 Å². The Kier molecular flexibility index (Phi) is 4.63. The van der Waals surface area contributed by atoms with Crippen molar-refractivity contribution in [3.63, 3.8) is 0 Å². The van der Waals surface area contributed by atoms with Crippen LogP contribution < -0.4 is 4.74 Å². The van der Waals surface area contributed by atoms with E-state index >= 15 is 0 Å². The van der Waals surface area contributed by atoms with Gasteiger partial charge in [-0.15, -0.1) is 0 Å². The van der Waals surface area contributed by atoms with E-state index in [0.29, 0.717) is 5.92 Å². The third-order valence-corrected chi connectivity index (χ3v) is 2.78. The molecule has 0 aliphatic heterocycles. The Labute approximate surface area is 91.9 Å². The Hall–Kier alpha value is -1.02. The van der Waals surface area contributed by atoms with Crippen molar-refractivity contribution in [3.05, 3.63) is 29.3 Å². The summed E-state index contributed by atoms with van der Waals surface area (Å²) in [6.45, 7) is 4.42. The fourth-order valence-corrected chi connectivity index (χ4v) is 1.72. The van der Waals surface area contributed by atoms with Gasteiger partial charge in [0, 0.05) is 6.61 Å². The molecule has 0 saturated heterocycles. The molecule has 0 bridgehead atoms. The van der Waals surface area contributed by atoms with Crippen molar-refractivity contribution < 1.29 is 9.84 Å². The first-order chi connectivity index (χ1) is 7.21. The molecule has 0 aromatic heterocycles. The van der Waals surface area contributed by atoms with Gasteiger partial charge in [-0.2, -0.15) is 0 Å². The Morgan fingerprint density at radius 2 is 2.13 bits per heavy atom. The maximum Gasteiger partial charge on any atom is 0.122 e. The average Bonchev–Trinajstić information content (AvgIpc) is 2.26. The summed E-state index contributed by atoms with van der Waals surface area (Å²) in [5.41, 5.74) is 2.43. The van der Waals surface area contributed by atoms with Gasteiger partial charge in [-0.3, -0.25) is 0 Å². The molecule has 0 heterocycles. The van der Waals surface area contributed by atoms with Gasteiger partial charge in [-0.05, 0) is 30.9 Å². The highest BCUT2D eigenvalue weighted by molar-refractivity contribution is 5.37. The van der Waals surface area contributed by atoms with Crippen molar-refractivity contribution in [2.75, 3.05) is 13.7 Å². The summed E-state index contributed by atoms with van der Waals surface area (Å²) in [5.74, 6) is 1.26. The molecule has 0 aliphatic rings. The first kappa shape index (κ1) is 12.1. The van der Waals surface area contributed by atoms with Crippen LogP contribution in [0.1, 0.15) is 24.5 Å². The van der Waals surface area contributed by atoms with Crippen LogP contribution in [-0.4, -0.2) is 18.8 Å². The Morgan fingerprint density at radius 1 is 1.40 bits per heavy atom. The van der Waals surface area contributed by atoms with E-state index in [4.69, 9.17) is 4.74 Å². The van der Waals surface area contributed by atoms with E-state index in [0.717, 1.165) is 18.6 Å². The number of ether oxygens (including phenoxy) is 1. The standard InChI is InChI=1S/C13H20O2/c1-4-11(9-14)8-12-7-10(2)5-6-13(12)15-3/h5-7,11,14H,4,8-9H2,1-3H3. The zero-order valence-electron chi connectivity index (χ0n) is 9.79. The van der Waals surface area contributed by atoms with E-state index < -0.39 is 0 Å². The fourth-order valence-electron chi connectivity index (χ4n) is 1.72. The van der Waals surface area contributed by atoms with Gasteiger partial charge < -0.3 is 9.84 Å². The van der Waals surface area contributed by atoms with Crippen molar-refractivity contribution >= 4 is 0 Å². The number of aryl methyl sites for hydroxylation is 1. The van der Waals surface area contributed by atoms with E-state index in [9.17, 15) is 5.11 Å². The Morgan fingerprint density at radius 3 is 2.67 bits per heavy atom. The van der Waals surface area contributed by atoms with E-state index in [2.05, 4.69) is 19.9 Å². The first-order valence-electron chi connectivity index (χ1n) is 5.45. The number of aliphatic hydroxyl groups excluding tert-OH is 1. The molecule has 1 aromatic carbocycles. The van der Waals surface area contributed by atoms with Crippen molar-refractivity contribution in [2.45, 2.75) is 26.7 Å². The number of hydrogen-bond donors (Lipinski definition) is 1. The molecule has 1 rings (SSSR count). The molecule has 84 valence electrons. The predicted octanol–water partition coefficient (Wildman–Crippen LogP) is 2.56. The summed E-state index contributed by atoms with van der Waals surface area (Å²) >= 11 is 0. The number of rotatable bonds is 5. The Balaban J connectivity index is 2.86. The maximum atomic E-state index is 9.18. The molecule has 1 N–H and O–H groups in total. The van der Waals surface area contributed by atoms with Crippen molar-refractivity contribution in [2.24, 2.45) is 5.92 Å². The highest BCUT2D eigenvalue weighted by Crippen LogP contribution is 2.23. The van der Waals surface area contributed by atoms with E-state index in [1.54, 1.807) is 7.11 Å². The van der Waals surface area contributed by atoms with Crippen molar-refractivity contribution in [1.82, 2.24) is 0 Å². The predicted molar refractivity (Wildman–Crippen MR) is 62.3 cm³/mol. The zero-order valence-corrected chi connectivity index (χ0v) is 9.79. The van der Waals surface area contributed by atoms with Crippen LogP contribution in [-0.2, 0) is 6.42 Å². The molecular weight excluding hydrogens is 188 g/mol. The SMILES string of the molecule is CCC(CO)Cc1cc(C)ccc1OC. The molecular formula is C13H20O2. The molecule has 2 heteroatoms. The average molecular weight is 208 g/mol. The minimum atomic E-state index is 0.244. The highest BCUT2D eigenvalue weighted by Gasteiger charge is 2.10. The largest absolute Gasteiger partial charge is 0.496 e. The zero-order chi connectivity index (χ0) is 11.3. The summed E-state index contributed by atoms with van der Waals surface area (Å²) in [5, 5.41) is 9.18. The van der Waals surface area contributed by atoms with E-state index in [-0.39, 0.29) is 6.61 Å². The van der Waals surface area contributed by atoms with Crippen LogP contribution in [0.5, 0.6) is 5.75 Å². The van der Waals surface area contributed by atoms with Gasteiger partial charge in [0.05, 0.1) is 7.11 Å². The quantitative estimate of drug-likeness (QED) is 0.806. The molecule has 1 aromatic rings. The normalized spacial score (nSPS) is 12.5. The second-order valence-electron chi connectivity index (χ2n) is 3.98. The number of benzene rings is 1. The Bertz CT molecular complexity index is 303. The van der Waals surface area contributed by atoms with Gasteiger partial charge in [-0.1, -0.05) is 31.0 Å². The first-order valence-corrected chi connectivity index (χ1v) is 5.45. The smallest absolute Gasteiger partial charge is 0.122 e. The van der Waals surface area contributed by atoms with Crippen LogP contribution in [0, 0.1) is 12.8 Å². The molecule has 0 saturated carbocycles. The second kappa shape index (κ2) is 5.76. The molecule has 0 spiro atoms. The maximum absolute atomic E-state index is 9.18. The summed E-state index contributed by atoms with van der Waals surface area (Å²) in [6.07, 6.45) is 1.88. The molecule has 2 nitrogen and oxygen atoms in total. The molecule has 0 radical (unpaired) electrons. The van der Waals surface area contributed by atoms with Crippen molar-refractivity contribution in [1.29, 1.82) is 0 Å². The number of aliphatic hydroxyl groups is 1. The minimum absolute atomic E-state index is 0.244. The van der Waals surface area contributed by atoms with Gasteiger partial charge in [0.1, 0.15) is 5.75 Å². The molecule has 0 amide bonds. The molecule has 1 atom stereocenters. The van der Waals surface area contributed by atoms with Gasteiger partial charge in [0.2, 0.25) is 0 Å². The molecule has 0 aliphatic carbocycles. The van der Waals surface area contributed by atoms with Crippen LogP contribution in [0.15, 0.2) is 18.2 Å². The van der Waals surface area contributed by atoms with Crippen LogP contribution in [0.3, 0.4) is 0 Å². The van der Waals surface area contributed by atoms with E-state index in [1.165, 1.54) is 11.1 Å². The molecule has 0 fully saturated rings. The second-order valence-corrected chi connectivity index (χ2v) is 3.98. The lowest BCUT2D eigenvalue weighted by atomic mass is 9.96. The summed E-state index contributed by atoms with van der Waals surface area (Å²) in [4.78, 5) is 0. The highest BCUT2D eigenvalue weighted by atomic mass is 16.5. The van der Waals surface area contributed by atoms with Crippen LogP contribution in [0.2, 0.25) is 0 Å². The van der Waals surface area contributed by atoms with Gasteiger partial charge in [-0.25, -0.2) is 0 Å². The third-order valence-electron chi connectivity index (χ3n) is 2.78. The number of hydrogen-bond acceptors (Lipinski definition) is 2. The van der Waals surface area contributed by atoms with Crippen molar-refractivity contribution in [3.8, 4) is 5.75 Å². The van der Waals surface area contributed by atoms with E-state index in [1.807, 2.05) is 12.1 Å². The van der Waals surface area contributed by atoms with Gasteiger partial charge in [0.25, 0.3) is 0 Å². The molecule has 15 heavy (non-hydrogen) atoms. The van der Waals surface area contributed by atoms with Crippen LogP contribution in [0.25, 0.3) is 0 Å². The lowest BCUT2D eigenvalue weighted by Gasteiger charge is -2.14. The fraction of sp³-hybridized carbons (Fsp3) is 0.538. The third kappa shape index (κ3) is 3.24. The van der Waals surface area contributed by atoms with Gasteiger partial charge >= 0.3 is 0 Å². The number of methoxy groups -OCH3 is 1.